The second-order valence-electron chi connectivity index (χ2n) is 6.95. The number of aromatic amines is 1. The third kappa shape index (κ3) is 3.48. The Kier molecular flexibility index (Phi) is 4.04. The van der Waals surface area contributed by atoms with Crippen LogP contribution >= 0.6 is 0 Å². The molecule has 0 aliphatic heterocycles. The number of aliphatic hydroxyl groups excluding tert-OH is 1. The number of rotatable bonds is 4. The lowest BCUT2D eigenvalue weighted by atomic mass is 10.1. The Morgan fingerprint density at radius 3 is 2.55 bits per heavy atom. The molecule has 0 fully saturated rings. The first-order valence-electron chi connectivity index (χ1n) is 6.95. The number of nitrogens with zero attached hydrogens (tertiary/aromatic N) is 1. The highest BCUT2D eigenvalue weighted by molar-refractivity contribution is 6.31. The predicted octanol–water partition coefficient (Wildman–Crippen LogP) is 2.61. The molecule has 0 saturated carbocycles. The van der Waals surface area contributed by atoms with Gasteiger partial charge in [-0.1, -0.05) is 26.8 Å². The van der Waals surface area contributed by atoms with Gasteiger partial charge in [-0.2, -0.15) is 0 Å². The topological polar surface area (TPSA) is 58.1 Å². The summed E-state index contributed by atoms with van der Waals surface area (Å²) in [4.78, 5) is 7.95. The molecule has 2 rings (SSSR count). The van der Waals surface area contributed by atoms with E-state index in [-0.39, 0.29) is 11.6 Å². The molecular formula is C15H24N2O2Si. The molecule has 0 aliphatic rings. The third-order valence-corrected chi connectivity index (χ3v) is 4.90. The quantitative estimate of drug-likeness (QED) is 0.852. The average Bonchev–Trinajstić information content (AvgIpc) is 2.79. The van der Waals surface area contributed by atoms with Crippen molar-refractivity contribution >= 4 is 20.8 Å². The smallest absolute Gasteiger partial charge is 0.168 e. The van der Waals surface area contributed by atoms with Crippen molar-refractivity contribution in [3.05, 3.63) is 29.6 Å². The van der Waals surface area contributed by atoms with Gasteiger partial charge in [0.1, 0.15) is 11.4 Å². The second kappa shape index (κ2) is 5.31. The number of aliphatic hydroxyl groups is 1. The largest absolute Gasteiger partial charge is 0.411 e. The van der Waals surface area contributed by atoms with Gasteiger partial charge in [0.2, 0.25) is 0 Å². The van der Waals surface area contributed by atoms with Crippen molar-refractivity contribution in [3.63, 3.8) is 0 Å². The molecule has 110 valence electrons. The number of nitrogens with one attached hydrogen (secondary N) is 1. The highest BCUT2D eigenvalue weighted by atomic mass is 28.2. The standard InChI is InChI=1S/C15H24N2O2Si/c1-14(2,3)20-19-15(4,5)13-16-11-7-6-10(9-18)8-12(11)17-13/h6-8,18H,9,20H2,1-5H3,(H,16,17). The van der Waals surface area contributed by atoms with E-state index in [0.717, 1.165) is 22.4 Å². The molecule has 0 amide bonds. The number of benzene rings is 1. The maximum atomic E-state index is 9.18. The Hall–Kier alpha value is -1.17. The van der Waals surface area contributed by atoms with E-state index in [9.17, 15) is 5.11 Å². The zero-order valence-corrected chi connectivity index (χ0v) is 14.4. The van der Waals surface area contributed by atoms with Crippen molar-refractivity contribution < 1.29 is 9.53 Å². The molecule has 0 spiro atoms. The number of hydrogen-bond donors (Lipinski definition) is 2. The van der Waals surface area contributed by atoms with Gasteiger partial charge in [0.25, 0.3) is 0 Å². The van der Waals surface area contributed by atoms with Crippen LogP contribution in [0.1, 0.15) is 46.0 Å². The van der Waals surface area contributed by atoms with E-state index in [2.05, 4.69) is 44.6 Å². The Labute approximate surface area is 122 Å². The van der Waals surface area contributed by atoms with Crippen LogP contribution in [0.5, 0.6) is 0 Å². The molecule has 1 aromatic carbocycles. The van der Waals surface area contributed by atoms with Crippen LogP contribution in [0.4, 0.5) is 0 Å². The molecule has 0 atom stereocenters. The molecule has 5 heteroatoms. The van der Waals surface area contributed by atoms with Gasteiger partial charge in [0.05, 0.1) is 17.6 Å². The first-order valence-corrected chi connectivity index (χ1v) is 8.24. The number of aromatic nitrogens is 2. The lowest BCUT2D eigenvalue weighted by Crippen LogP contribution is -2.28. The monoisotopic (exact) mass is 292 g/mol. The molecule has 2 N–H and O–H groups in total. The van der Waals surface area contributed by atoms with Crippen molar-refractivity contribution in [1.29, 1.82) is 0 Å². The van der Waals surface area contributed by atoms with E-state index in [1.807, 2.05) is 18.2 Å². The first kappa shape index (κ1) is 15.2. The molecule has 1 aromatic heterocycles. The first-order chi connectivity index (χ1) is 9.21. The molecule has 1 heterocycles. The molecule has 4 nitrogen and oxygen atoms in total. The summed E-state index contributed by atoms with van der Waals surface area (Å²) in [7, 11) is -0.647. The molecular weight excluding hydrogens is 268 g/mol. The van der Waals surface area contributed by atoms with Gasteiger partial charge in [0.15, 0.2) is 9.76 Å². The zero-order valence-electron chi connectivity index (χ0n) is 12.9. The minimum Gasteiger partial charge on any atom is -0.411 e. The van der Waals surface area contributed by atoms with Crippen LogP contribution in [0, 0.1) is 0 Å². The molecule has 20 heavy (non-hydrogen) atoms. The van der Waals surface area contributed by atoms with Crippen LogP contribution < -0.4 is 0 Å². The normalized spacial score (nSPS) is 13.7. The highest BCUT2D eigenvalue weighted by Gasteiger charge is 2.27. The fourth-order valence-corrected chi connectivity index (χ4v) is 2.83. The van der Waals surface area contributed by atoms with Crippen molar-refractivity contribution in [2.75, 3.05) is 0 Å². The van der Waals surface area contributed by atoms with E-state index < -0.39 is 15.4 Å². The highest BCUT2D eigenvalue weighted by Crippen LogP contribution is 2.29. The maximum Gasteiger partial charge on any atom is 0.168 e. The molecule has 0 unspecified atom stereocenters. The average molecular weight is 292 g/mol. The Bertz CT molecular complexity index is 599. The van der Waals surface area contributed by atoms with Gasteiger partial charge >= 0.3 is 0 Å². The van der Waals surface area contributed by atoms with E-state index in [1.54, 1.807) is 0 Å². The Morgan fingerprint density at radius 1 is 1.25 bits per heavy atom. The minimum atomic E-state index is -0.647. The summed E-state index contributed by atoms with van der Waals surface area (Å²) < 4.78 is 6.16. The van der Waals surface area contributed by atoms with Gasteiger partial charge in [-0.25, -0.2) is 4.98 Å². The summed E-state index contributed by atoms with van der Waals surface area (Å²) >= 11 is 0. The van der Waals surface area contributed by atoms with Crippen LogP contribution in [-0.2, 0) is 16.6 Å². The summed E-state index contributed by atoms with van der Waals surface area (Å²) in [6, 6.07) is 5.77. The molecule has 0 bridgehead atoms. The summed E-state index contributed by atoms with van der Waals surface area (Å²) in [6.45, 7) is 10.8. The van der Waals surface area contributed by atoms with Crippen LogP contribution in [0.25, 0.3) is 11.0 Å². The van der Waals surface area contributed by atoms with Crippen molar-refractivity contribution in [2.45, 2.75) is 51.9 Å². The van der Waals surface area contributed by atoms with E-state index in [1.165, 1.54) is 0 Å². The predicted molar refractivity (Wildman–Crippen MR) is 84.4 cm³/mol. The summed E-state index contributed by atoms with van der Waals surface area (Å²) in [5.74, 6) is 0.847. The number of hydrogen-bond acceptors (Lipinski definition) is 3. The van der Waals surface area contributed by atoms with Gasteiger partial charge < -0.3 is 14.5 Å². The molecule has 0 aliphatic carbocycles. The summed E-state index contributed by atoms with van der Waals surface area (Å²) in [6.07, 6.45) is 0. The molecule has 2 aromatic rings. The van der Waals surface area contributed by atoms with Crippen molar-refractivity contribution in [3.8, 4) is 0 Å². The number of H-pyrrole nitrogens is 1. The zero-order chi connectivity index (χ0) is 15.0. The van der Waals surface area contributed by atoms with Crippen LogP contribution in [0.2, 0.25) is 5.04 Å². The summed E-state index contributed by atoms with van der Waals surface area (Å²) in [5, 5.41) is 9.44. The second-order valence-corrected chi connectivity index (χ2v) is 9.65. The fraction of sp³-hybridized carbons (Fsp3) is 0.533. The number of fused-ring (bicyclic) bond motifs is 1. The summed E-state index contributed by atoms with van der Waals surface area (Å²) in [5.41, 5.74) is 2.32. The molecule has 0 saturated heterocycles. The van der Waals surface area contributed by atoms with Crippen LogP contribution in [0.15, 0.2) is 18.2 Å². The third-order valence-electron chi connectivity index (χ3n) is 3.17. The van der Waals surface area contributed by atoms with Crippen molar-refractivity contribution in [1.82, 2.24) is 9.97 Å². The Morgan fingerprint density at radius 2 is 1.95 bits per heavy atom. The number of imidazole rings is 1. The van der Waals surface area contributed by atoms with Gasteiger partial charge in [-0.05, 0) is 36.6 Å². The van der Waals surface area contributed by atoms with Crippen molar-refractivity contribution in [2.24, 2.45) is 0 Å². The molecule has 0 radical (unpaired) electrons. The van der Waals surface area contributed by atoms with Gasteiger partial charge in [0, 0.05) is 0 Å². The Balaban J connectivity index is 2.27. The SMILES string of the molecule is CC(C)(C)[SiH2]OC(C)(C)c1nc2cc(CO)ccc2[nH]1. The minimum absolute atomic E-state index is 0.0367. The van der Waals surface area contributed by atoms with Gasteiger partial charge in [-0.15, -0.1) is 0 Å². The maximum absolute atomic E-state index is 9.18. The fourth-order valence-electron chi connectivity index (χ4n) is 1.90. The lowest BCUT2D eigenvalue weighted by molar-refractivity contribution is 0.100. The van der Waals surface area contributed by atoms with Crippen LogP contribution in [-0.4, -0.2) is 24.8 Å². The van der Waals surface area contributed by atoms with Gasteiger partial charge in [-0.3, -0.25) is 0 Å². The van der Waals surface area contributed by atoms with E-state index >= 15 is 0 Å². The lowest BCUT2D eigenvalue weighted by Gasteiger charge is -2.28. The van der Waals surface area contributed by atoms with E-state index in [4.69, 9.17) is 4.43 Å². The van der Waals surface area contributed by atoms with E-state index in [0.29, 0.717) is 0 Å². The van der Waals surface area contributed by atoms with Crippen LogP contribution in [0.3, 0.4) is 0 Å².